The van der Waals surface area contributed by atoms with Gasteiger partial charge in [0.25, 0.3) is 0 Å². The quantitative estimate of drug-likeness (QED) is 0.727. The van der Waals surface area contributed by atoms with Gasteiger partial charge in [0.15, 0.2) is 0 Å². The average molecular weight is 226 g/mol. The average Bonchev–Trinajstić information content (AvgIpc) is 2.16. The highest BCUT2D eigenvalue weighted by Gasteiger charge is 2.31. The number of piperidine rings is 1. The Morgan fingerprint density at radius 2 is 1.75 bits per heavy atom. The van der Waals surface area contributed by atoms with Crippen molar-refractivity contribution in [3.05, 3.63) is 0 Å². The third-order valence-electron chi connectivity index (χ3n) is 3.97. The van der Waals surface area contributed by atoms with Gasteiger partial charge in [-0.05, 0) is 52.6 Å². The number of likely N-dealkylation sites (N-methyl/N-ethyl adjacent to an activating group) is 1. The first-order chi connectivity index (χ1) is 7.41. The SMILES string of the molecule is CC(C)C1CCC(CN(C)C)N(C(C)C)C1. The zero-order valence-corrected chi connectivity index (χ0v) is 12.0. The molecule has 0 aromatic rings. The third-order valence-corrected chi connectivity index (χ3v) is 3.97. The molecule has 0 saturated carbocycles. The highest BCUT2D eigenvalue weighted by molar-refractivity contribution is 4.85. The summed E-state index contributed by atoms with van der Waals surface area (Å²) in [5.41, 5.74) is 0. The second kappa shape index (κ2) is 6.02. The van der Waals surface area contributed by atoms with Crippen LogP contribution in [0, 0.1) is 11.8 Å². The van der Waals surface area contributed by atoms with E-state index in [4.69, 9.17) is 0 Å². The summed E-state index contributed by atoms with van der Waals surface area (Å²) in [4.78, 5) is 5.05. The van der Waals surface area contributed by atoms with Gasteiger partial charge in [0.05, 0.1) is 0 Å². The van der Waals surface area contributed by atoms with Crippen molar-refractivity contribution in [3.8, 4) is 0 Å². The lowest BCUT2D eigenvalue weighted by Crippen LogP contribution is -2.51. The minimum atomic E-state index is 0.687. The molecule has 0 aromatic carbocycles. The maximum absolute atomic E-state index is 2.72. The number of rotatable bonds is 4. The maximum Gasteiger partial charge on any atom is 0.0225 e. The number of nitrogens with zero attached hydrogens (tertiary/aromatic N) is 2. The highest BCUT2D eigenvalue weighted by Crippen LogP contribution is 2.28. The first kappa shape index (κ1) is 14.0. The first-order valence-corrected chi connectivity index (χ1v) is 6.82. The summed E-state index contributed by atoms with van der Waals surface area (Å²) < 4.78 is 0. The normalized spacial score (nSPS) is 28.3. The summed E-state index contributed by atoms with van der Waals surface area (Å²) in [6.07, 6.45) is 2.79. The Morgan fingerprint density at radius 1 is 1.12 bits per heavy atom. The molecule has 96 valence electrons. The molecule has 16 heavy (non-hydrogen) atoms. The van der Waals surface area contributed by atoms with Crippen molar-refractivity contribution in [1.29, 1.82) is 0 Å². The van der Waals surface area contributed by atoms with Gasteiger partial charge in [0, 0.05) is 25.2 Å². The molecule has 1 fully saturated rings. The summed E-state index contributed by atoms with van der Waals surface area (Å²) in [6.45, 7) is 11.9. The maximum atomic E-state index is 2.72. The van der Waals surface area contributed by atoms with Crippen LogP contribution in [-0.4, -0.2) is 49.1 Å². The van der Waals surface area contributed by atoms with Gasteiger partial charge in [-0.2, -0.15) is 0 Å². The van der Waals surface area contributed by atoms with Crippen LogP contribution in [0.15, 0.2) is 0 Å². The summed E-state index contributed by atoms with van der Waals surface area (Å²) in [6, 6.07) is 1.46. The Labute approximate surface area is 102 Å². The molecule has 0 spiro atoms. The van der Waals surface area contributed by atoms with Crippen molar-refractivity contribution in [1.82, 2.24) is 9.80 Å². The van der Waals surface area contributed by atoms with Gasteiger partial charge in [-0.25, -0.2) is 0 Å². The molecule has 2 heteroatoms. The van der Waals surface area contributed by atoms with E-state index in [9.17, 15) is 0 Å². The Balaban J connectivity index is 2.60. The van der Waals surface area contributed by atoms with Crippen molar-refractivity contribution >= 4 is 0 Å². The van der Waals surface area contributed by atoms with E-state index in [2.05, 4.69) is 51.6 Å². The van der Waals surface area contributed by atoms with Gasteiger partial charge in [0.1, 0.15) is 0 Å². The van der Waals surface area contributed by atoms with Crippen LogP contribution in [0.2, 0.25) is 0 Å². The van der Waals surface area contributed by atoms with E-state index in [-0.39, 0.29) is 0 Å². The Hall–Kier alpha value is -0.0800. The first-order valence-electron chi connectivity index (χ1n) is 6.82. The fraction of sp³-hybridized carbons (Fsp3) is 1.00. The molecule has 0 aromatic heterocycles. The minimum absolute atomic E-state index is 0.687. The van der Waals surface area contributed by atoms with Crippen LogP contribution < -0.4 is 0 Å². The van der Waals surface area contributed by atoms with Gasteiger partial charge >= 0.3 is 0 Å². The molecule has 0 amide bonds. The van der Waals surface area contributed by atoms with E-state index in [1.807, 2.05) is 0 Å². The van der Waals surface area contributed by atoms with Crippen LogP contribution in [0.25, 0.3) is 0 Å². The molecular formula is C14H30N2. The molecule has 0 aliphatic carbocycles. The van der Waals surface area contributed by atoms with Gasteiger partial charge in [-0.15, -0.1) is 0 Å². The van der Waals surface area contributed by atoms with E-state index < -0.39 is 0 Å². The second-order valence-electron chi connectivity index (χ2n) is 6.29. The molecule has 0 bridgehead atoms. The lowest BCUT2D eigenvalue weighted by molar-refractivity contribution is 0.0466. The summed E-state index contributed by atoms with van der Waals surface area (Å²) in [7, 11) is 4.38. The molecule has 1 heterocycles. The number of hydrogen-bond acceptors (Lipinski definition) is 2. The summed E-state index contributed by atoms with van der Waals surface area (Å²) in [5, 5.41) is 0. The topological polar surface area (TPSA) is 6.48 Å². The molecule has 1 rings (SSSR count). The van der Waals surface area contributed by atoms with Crippen molar-refractivity contribution in [2.75, 3.05) is 27.2 Å². The van der Waals surface area contributed by atoms with Crippen molar-refractivity contribution in [2.24, 2.45) is 11.8 Å². The van der Waals surface area contributed by atoms with Gasteiger partial charge in [0.2, 0.25) is 0 Å². The van der Waals surface area contributed by atoms with E-state index >= 15 is 0 Å². The summed E-state index contributed by atoms with van der Waals surface area (Å²) in [5.74, 6) is 1.74. The van der Waals surface area contributed by atoms with Crippen molar-refractivity contribution in [3.63, 3.8) is 0 Å². The molecule has 2 atom stereocenters. The van der Waals surface area contributed by atoms with Crippen molar-refractivity contribution < 1.29 is 0 Å². The molecule has 0 N–H and O–H groups in total. The second-order valence-corrected chi connectivity index (χ2v) is 6.29. The van der Waals surface area contributed by atoms with Crippen LogP contribution in [0.5, 0.6) is 0 Å². The molecule has 1 aliphatic heterocycles. The monoisotopic (exact) mass is 226 g/mol. The van der Waals surface area contributed by atoms with Crippen LogP contribution in [0.3, 0.4) is 0 Å². The Kier molecular flexibility index (Phi) is 5.26. The van der Waals surface area contributed by atoms with Crippen LogP contribution in [0.4, 0.5) is 0 Å². The zero-order chi connectivity index (χ0) is 12.3. The molecular weight excluding hydrogens is 196 g/mol. The number of hydrogen-bond donors (Lipinski definition) is 0. The number of likely N-dealkylation sites (tertiary alicyclic amines) is 1. The van der Waals surface area contributed by atoms with Crippen LogP contribution in [0.1, 0.15) is 40.5 Å². The van der Waals surface area contributed by atoms with Gasteiger partial charge < -0.3 is 4.90 Å². The van der Waals surface area contributed by atoms with Crippen LogP contribution in [-0.2, 0) is 0 Å². The third kappa shape index (κ3) is 3.74. The summed E-state index contributed by atoms with van der Waals surface area (Å²) >= 11 is 0. The minimum Gasteiger partial charge on any atom is -0.308 e. The highest BCUT2D eigenvalue weighted by atomic mass is 15.2. The lowest BCUT2D eigenvalue weighted by atomic mass is 9.84. The van der Waals surface area contributed by atoms with E-state index in [0.29, 0.717) is 6.04 Å². The Bertz CT molecular complexity index is 199. The van der Waals surface area contributed by atoms with Gasteiger partial charge in [-0.1, -0.05) is 13.8 Å². The molecule has 2 nitrogen and oxygen atoms in total. The molecule has 0 radical (unpaired) electrons. The standard InChI is InChI=1S/C14H30N2/c1-11(2)13-7-8-14(10-15(5)6)16(9-13)12(3)4/h11-14H,7-10H2,1-6H3. The lowest BCUT2D eigenvalue weighted by Gasteiger charge is -2.44. The van der Waals surface area contributed by atoms with Crippen LogP contribution >= 0.6 is 0 Å². The fourth-order valence-corrected chi connectivity index (χ4v) is 2.88. The predicted octanol–water partition coefficient (Wildman–Crippen LogP) is 2.69. The fourth-order valence-electron chi connectivity index (χ4n) is 2.88. The smallest absolute Gasteiger partial charge is 0.0225 e. The van der Waals surface area contributed by atoms with E-state index in [1.54, 1.807) is 0 Å². The van der Waals surface area contributed by atoms with Crippen molar-refractivity contribution in [2.45, 2.75) is 52.6 Å². The predicted molar refractivity (Wildman–Crippen MR) is 71.7 cm³/mol. The zero-order valence-electron chi connectivity index (χ0n) is 12.0. The molecule has 2 unspecified atom stereocenters. The largest absolute Gasteiger partial charge is 0.308 e. The Morgan fingerprint density at radius 3 is 2.19 bits per heavy atom. The van der Waals surface area contributed by atoms with E-state index in [0.717, 1.165) is 17.9 Å². The van der Waals surface area contributed by atoms with Gasteiger partial charge in [-0.3, -0.25) is 4.90 Å². The molecule has 1 saturated heterocycles. The molecule has 1 aliphatic rings. The van der Waals surface area contributed by atoms with E-state index in [1.165, 1.54) is 25.9 Å².